The summed E-state index contributed by atoms with van der Waals surface area (Å²) in [6.07, 6.45) is 2.42. The van der Waals surface area contributed by atoms with E-state index in [9.17, 15) is 9.90 Å². The van der Waals surface area contributed by atoms with E-state index in [1.165, 1.54) is 16.7 Å². The number of carbonyl (C=O) groups is 1. The zero-order chi connectivity index (χ0) is 14.2. The summed E-state index contributed by atoms with van der Waals surface area (Å²) in [6.45, 7) is 2.08. The van der Waals surface area contributed by atoms with Crippen molar-refractivity contribution in [3.8, 4) is 0 Å². The first-order valence-electron chi connectivity index (χ1n) is 6.98. The van der Waals surface area contributed by atoms with Crippen LogP contribution in [0.5, 0.6) is 0 Å². The predicted octanol–water partition coefficient (Wildman–Crippen LogP) is 3.70. The van der Waals surface area contributed by atoms with Crippen molar-refractivity contribution in [2.45, 2.75) is 31.6 Å². The van der Waals surface area contributed by atoms with E-state index in [0.717, 1.165) is 24.8 Å². The van der Waals surface area contributed by atoms with Gasteiger partial charge < -0.3 is 5.11 Å². The van der Waals surface area contributed by atoms with Gasteiger partial charge in [0, 0.05) is 0 Å². The molecule has 0 aliphatic heterocycles. The average Bonchev–Trinajstić information content (AvgIpc) is 3.24. The molecule has 0 atom stereocenters. The van der Waals surface area contributed by atoms with Gasteiger partial charge in [0.05, 0.1) is 5.41 Å². The van der Waals surface area contributed by atoms with Crippen LogP contribution >= 0.6 is 0 Å². The molecule has 0 aromatic heterocycles. The molecule has 0 bridgehead atoms. The molecule has 102 valence electrons. The number of carboxylic acid groups (broad SMARTS) is 1. The van der Waals surface area contributed by atoms with Crippen LogP contribution in [0.25, 0.3) is 0 Å². The lowest BCUT2D eigenvalue weighted by atomic mass is 9.94. The van der Waals surface area contributed by atoms with Gasteiger partial charge in [0.2, 0.25) is 0 Å². The van der Waals surface area contributed by atoms with Crippen molar-refractivity contribution in [1.82, 2.24) is 0 Å². The van der Waals surface area contributed by atoms with Crippen LogP contribution in [0.3, 0.4) is 0 Å². The van der Waals surface area contributed by atoms with Crippen molar-refractivity contribution in [2.24, 2.45) is 0 Å². The van der Waals surface area contributed by atoms with Crippen LogP contribution in [-0.4, -0.2) is 11.1 Å². The molecule has 0 spiro atoms. The fraction of sp³-hybridized carbons (Fsp3) is 0.278. The average molecular weight is 266 g/mol. The minimum atomic E-state index is -0.691. The topological polar surface area (TPSA) is 37.3 Å². The third kappa shape index (κ3) is 2.34. The monoisotopic (exact) mass is 266 g/mol. The van der Waals surface area contributed by atoms with E-state index in [2.05, 4.69) is 43.3 Å². The maximum absolute atomic E-state index is 11.3. The molecule has 1 aliphatic carbocycles. The van der Waals surface area contributed by atoms with Crippen LogP contribution in [0.15, 0.2) is 48.5 Å². The first-order valence-corrected chi connectivity index (χ1v) is 6.98. The van der Waals surface area contributed by atoms with Crippen molar-refractivity contribution in [1.29, 1.82) is 0 Å². The summed E-state index contributed by atoms with van der Waals surface area (Å²) in [7, 11) is 0. The van der Waals surface area contributed by atoms with Crippen molar-refractivity contribution in [3.05, 3.63) is 70.8 Å². The van der Waals surface area contributed by atoms with Crippen molar-refractivity contribution in [3.63, 3.8) is 0 Å². The second-order valence-corrected chi connectivity index (χ2v) is 5.75. The Labute approximate surface area is 119 Å². The molecule has 1 saturated carbocycles. The third-order valence-electron chi connectivity index (χ3n) is 4.19. The highest BCUT2D eigenvalue weighted by atomic mass is 16.4. The molecule has 2 nitrogen and oxygen atoms in total. The first kappa shape index (κ1) is 12.9. The molecule has 0 saturated heterocycles. The first-order chi connectivity index (χ1) is 9.60. The zero-order valence-electron chi connectivity index (χ0n) is 11.6. The quantitative estimate of drug-likeness (QED) is 0.916. The number of carboxylic acids is 1. The van der Waals surface area contributed by atoms with Gasteiger partial charge >= 0.3 is 5.97 Å². The highest BCUT2D eigenvalue weighted by Crippen LogP contribution is 2.48. The van der Waals surface area contributed by atoms with Gasteiger partial charge in [-0.05, 0) is 42.9 Å². The highest BCUT2D eigenvalue weighted by molar-refractivity contribution is 5.84. The summed E-state index contributed by atoms with van der Waals surface area (Å²) >= 11 is 0. The Balaban J connectivity index is 1.77. The van der Waals surface area contributed by atoms with E-state index < -0.39 is 11.4 Å². The molecule has 0 unspecified atom stereocenters. The molecule has 3 rings (SSSR count). The number of aryl methyl sites for hydroxylation is 1. The summed E-state index contributed by atoms with van der Waals surface area (Å²) < 4.78 is 0. The van der Waals surface area contributed by atoms with Crippen molar-refractivity contribution < 1.29 is 9.90 Å². The molecule has 2 aromatic carbocycles. The minimum absolute atomic E-state index is 0.595. The molecule has 0 radical (unpaired) electrons. The van der Waals surface area contributed by atoms with Gasteiger partial charge in [0.25, 0.3) is 0 Å². The molecule has 1 N–H and O–H groups in total. The summed E-state index contributed by atoms with van der Waals surface area (Å²) in [6, 6.07) is 16.6. The predicted molar refractivity (Wildman–Crippen MR) is 79.0 cm³/mol. The zero-order valence-corrected chi connectivity index (χ0v) is 11.6. The fourth-order valence-electron chi connectivity index (χ4n) is 2.63. The lowest BCUT2D eigenvalue weighted by Gasteiger charge is -2.11. The molecule has 0 amide bonds. The molecule has 1 fully saturated rings. The standard InChI is InChI=1S/C18H18O2/c1-13-2-4-14(5-3-13)12-15-6-8-16(9-7-15)18(10-11-18)17(19)20/h2-9H,10-12H2,1H3,(H,19,20). The lowest BCUT2D eigenvalue weighted by Crippen LogP contribution is -2.19. The molecule has 20 heavy (non-hydrogen) atoms. The number of rotatable bonds is 4. The van der Waals surface area contributed by atoms with Gasteiger partial charge in [-0.3, -0.25) is 4.79 Å². The Morgan fingerprint density at radius 2 is 1.50 bits per heavy atom. The van der Waals surface area contributed by atoms with Crippen molar-refractivity contribution in [2.75, 3.05) is 0 Å². The second-order valence-electron chi connectivity index (χ2n) is 5.75. The largest absolute Gasteiger partial charge is 0.481 e. The summed E-state index contributed by atoms with van der Waals surface area (Å²) in [5, 5.41) is 9.29. The lowest BCUT2D eigenvalue weighted by molar-refractivity contribution is -0.140. The van der Waals surface area contributed by atoms with Gasteiger partial charge in [-0.15, -0.1) is 0 Å². The Kier molecular flexibility index (Phi) is 3.09. The molecular formula is C18H18O2. The fourth-order valence-corrected chi connectivity index (χ4v) is 2.63. The van der Waals surface area contributed by atoms with Crippen LogP contribution in [0.2, 0.25) is 0 Å². The Morgan fingerprint density at radius 1 is 1.00 bits per heavy atom. The van der Waals surface area contributed by atoms with Gasteiger partial charge in [0.1, 0.15) is 0 Å². The van der Waals surface area contributed by atoms with E-state index in [1.807, 2.05) is 12.1 Å². The Morgan fingerprint density at radius 3 is 1.95 bits per heavy atom. The van der Waals surface area contributed by atoms with Crippen LogP contribution in [0, 0.1) is 6.92 Å². The molecule has 0 heterocycles. The minimum Gasteiger partial charge on any atom is -0.481 e. The normalized spacial score (nSPS) is 15.8. The van der Waals surface area contributed by atoms with Crippen LogP contribution in [0.4, 0.5) is 0 Å². The summed E-state index contributed by atoms with van der Waals surface area (Å²) in [4.78, 5) is 11.3. The van der Waals surface area contributed by atoms with Crippen LogP contribution < -0.4 is 0 Å². The maximum Gasteiger partial charge on any atom is 0.314 e. The number of hydrogen-bond donors (Lipinski definition) is 1. The van der Waals surface area contributed by atoms with Gasteiger partial charge in [-0.2, -0.15) is 0 Å². The van der Waals surface area contributed by atoms with Crippen LogP contribution in [0.1, 0.15) is 35.1 Å². The second kappa shape index (κ2) is 4.78. The Bertz CT molecular complexity index is 619. The van der Waals surface area contributed by atoms with Crippen molar-refractivity contribution >= 4 is 5.97 Å². The smallest absolute Gasteiger partial charge is 0.314 e. The van der Waals surface area contributed by atoms with E-state index in [0.29, 0.717) is 0 Å². The van der Waals surface area contributed by atoms with Gasteiger partial charge in [0.15, 0.2) is 0 Å². The number of hydrogen-bond acceptors (Lipinski definition) is 1. The summed E-state index contributed by atoms with van der Waals surface area (Å²) in [5.41, 5.74) is 4.11. The molecular weight excluding hydrogens is 248 g/mol. The van der Waals surface area contributed by atoms with Crippen LogP contribution in [-0.2, 0) is 16.6 Å². The number of aliphatic carboxylic acids is 1. The third-order valence-corrected chi connectivity index (χ3v) is 4.19. The SMILES string of the molecule is Cc1ccc(Cc2ccc(C3(C(=O)O)CC3)cc2)cc1. The number of benzene rings is 2. The van der Waals surface area contributed by atoms with E-state index in [1.54, 1.807) is 0 Å². The summed E-state index contributed by atoms with van der Waals surface area (Å²) in [5.74, 6) is -0.691. The molecule has 2 heteroatoms. The van der Waals surface area contributed by atoms with Gasteiger partial charge in [-0.1, -0.05) is 54.1 Å². The van der Waals surface area contributed by atoms with E-state index in [4.69, 9.17) is 0 Å². The highest BCUT2D eigenvalue weighted by Gasteiger charge is 2.51. The molecule has 1 aliphatic rings. The molecule has 2 aromatic rings. The van der Waals surface area contributed by atoms with Gasteiger partial charge in [-0.25, -0.2) is 0 Å². The van der Waals surface area contributed by atoms with E-state index >= 15 is 0 Å². The maximum atomic E-state index is 11.3. The Hall–Kier alpha value is -2.09. The van der Waals surface area contributed by atoms with E-state index in [-0.39, 0.29) is 0 Å².